The van der Waals surface area contributed by atoms with E-state index < -0.39 is 28.3 Å². The van der Waals surface area contributed by atoms with Gasteiger partial charge in [-0.1, -0.05) is 42.5 Å². The fourth-order valence-corrected chi connectivity index (χ4v) is 2.74. The number of primary sulfonamides is 1. The molecule has 0 aliphatic heterocycles. The summed E-state index contributed by atoms with van der Waals surface area (Å²) in [6.45, 7) is -0.212. The van der Waals surface area contributed by atoms with E-state index in [0.29, 0.717) is 0 Å². The van der Waals surface area contributed by atoms with Gasteiger partial charge in [0.05, 0.1) is 4.90 Å². The van der Waals surface area contributed by atoms with Crippen LogP contribution in [-0.4, -0.2) is 37.4 Å². The number of carbonyl (C=O) groups is 1. The maximum atomic E-state index is 11.6. The van der Waals surface area contributed by atoms with Gasteiger partial charge in [0.25, 0.3) is 0 Å². The molecule has 0 aliphatic rings. The van der Waals surface area contributed by atoms with Crippen molar-refractivity contribution >= 4 is 16.1 Å². The van der Waals surface area contributed by atoms with E-state index in [0.717, 1.165) is 11.6 Å². The van der Waals surface area contributed by atoms with Gasteiger partial charge in [0.15, 0.2) is 0 Å². The summed E-state index contributed by atoms with van der Waals surface area (Å²) in [5, 5.41) is 27.5. The van der Waals surface area contributed by atoms with Gasteiger partial charge in [-0.25, -0.2) is 18.4 Å². The van der Waals surface area contributed by atoms with Crippen LogP contribution in [0.15, 0.2) is 59.5 Å². The molecule has 0 bridgehead atoms. The number of alkyl carbamates (subject to hydrolysis) is 1. The first-order chi connectivity index (χ1) is 12.3. The molecular formula is C17H20N2O6S. The third-order valence-corrected chi connectivity index (χ3v) is 4.47. The van der Waals surface area contributed by atoms with Crippen molar-refractivity contribution in [3.63, 3.8) is 0 Å². The molecule has 5 N–H and O–H groups in total. The van der Waals surface area contributed by atoms with Crippen LogP contribution in [0.25, 0.3) is 0 Å². The highest BCUT2D eigenvalue weighted by atomic mass is 32.2. The van der Waals surface area contributed by atoms with Gasteiger partial charge in [0, 0.05) is 6.54 Å². The molecule has 0 heterocycles. The lowest BCUT2D eigenvalue weighted by Crippen LogP contribution is -2.35. The number of rotatable bonds is 7. The largest absolute Gasteiger partial charge is 0.445 e. The van der Waals surface area contributed by atoms with Gasteiger partial charge in [-0.2, -0.15) is 0 Å². The minimum atomic E-state index is -3.93. The summed E-state index contributed by atoms with van der Waals surface area (Å²) in [5.74, 6) is 0. The summed E-state index contributed by atoms with van der Waals surface area (Å²) in [6, 6.07) is 14.3. The van der Waals surface area contributed by atoms with E-state index in [1.54, 1.807) is 12.1 Å². The summed E-state index contributed by atoms with van der Waals surface area (Å²) in [6.07, 6.45) is -3.53. The van der Waals surface area contributed by atoms with E-state index in [9.17, 15) is 23.4 Å². The average molecular weight is 380 g/mol. The number of hydrogen-bond acceptors (Lipinski definition) is 6. The maximum absolute atomic E-state index is 11.6. The van der Waals surface area contributed by atoms with Crippen LogP contribution < -0.4 is 10.5 Å². The van der Waals surface area contributed by atoms with E-state index in [-0.39, 0.29) is 23.6 Å². The molecule has 2 unspecified atom stereocenters. The number of sulfonamides is 1. The Bertz CT molecular complexity index is 841. The molecule has 0 spiro atoms. The summed E-state index contributed by atoms with van der Waals surface area (Å²) in [7, 11) is -3.93. The highest BCUT2D eigenvalue weighted by molar-refractivity contribution is 7.89. The van der Waals surface area contributed by atoms with E-state index in [2.05, 4.69) is 5.32 Å². The first-order valence-electron chi connectivity index (χ1n) is 7.71. The van der Waals surface area contributed by atoms with Crippen molar-refractivity contribution in [2.24, 2.45) is 5.14 Å². The number of ether oxygens (including phenoxy) is 1. The molecule has 0 fully saturated rings. The molecule has 1 amide bonds. The van der Waals surface area contributed by atoms with Crippen LogP contribution in [-0.2, 0) is 21.4 Å². The average Bonchev–Trinajstić information content (AvgIpc) is 2.64. The van der Waals surface area contributed by atoms with Gasteiger partial charge in [0.1, 0.15) is 18.8 Å². The van der Waals surface area contributed by atoms with E-state index in [1.807, 2.05) is 18.2 Å². The lowest BCUT2D eigenvalue weighted by molar-refractivity contribution is 0.0183. The highest BCUT2D eigenvalue weighted by Crippen LogP contribution is 2.19. The smallest absolute Gasteiger partial charge is 0.407 e. The zero-order chi connectivity index (χ0) is 19.2. The fraction of sp³-hybridized carbons (Fsp3) is 0.235. The molecule has 0 radical (unpaired) electrons. The van der Waals surface area contributed by atoms with Crippen molar-refractivity contribution in [2.45, 2.75) is 23.7 Å². The predicted molar refractivity (Wildman–Crippen MR) is 93.4 cm³/mol. The summed E-state index contributed by atoms with van der Waals surface area (Å²) in [4.78, 5) is 11.5. The third kappa shape index (κ3) is 5.81. The minimum absolute atomic E-state index is 0.0712. The van der Waals surface area contributed by atoms with Crippen molar-refractivity contribution in [1.82, 2.24) is 5.32 Å². The Morgan fingerprint density at radius 2 is 1.81 bits per heavy atom. The van der Waals surface area contributed by atoms with Crippen LogP contribution in [0.5, 0.6) is 0 Å². The maximum Gasteiger partial charge on any atom is 0.407 e. The zero-order valence-electron chi connectivity index (χ0n) is 13.8. The molecule has 9 heteroatoms. The topological polar surface area (TPSA) is 139 Å². The fourth-order valence-electron chi connectivity index (χ4n) is 2.17. The van der Waals surface area contributed by atoms with Crippen molar-refractivity contribution in [2.75, 3.05) is 6.54 Å². The van der Waals surface area contributed by atoms with Crippen LogP contribution in [0.2, 0.25) is 0 Å². The quantitative estimate of drug-likeness (QED) is 0.556. The highest BCUT2D eigenvalue weighted by Gasteiger charge is 2.21. The second kappa shape index (κ2) is 8.77. The van der Waals surface area contributed by atoms with Gasteiger partial charge in [-0.05, 0) is 23.3 Å². The molecule has 0 saturated heterocycles. The third-order valence-electron chi connectivity index (χ3n) is 3.56. The van der Waals surface area contributed by atoms with Gasteiger partial charge in [-0.15, -0.1) is 0 Å². The number of carbonyl (C=O) groups excluding carboxylic acids is 1. The monoisotopic (exact) mass is 380 g/mol. The molecule has 140 valence electrons. The molecule has 2 atom stereocenters. The normalized spacial score (nSPS) is 13.7. The van der Waals surface area contributed by atoms with Gasteiger partial charge in [0.2, 0.25) is 10.0 Å². The van der Waals surface area contributed by atoms with Crippen LogP contribution in [0.4, 0.5) is 4.79 Å². The molecule has 0 aromatic heterocycles. The zero-order valence-corrected chi connectivity index (χ0v) is 14.6. The lowest BCUT2D eigenvalue weighted by atomic mass is 10.0. The molecule has 0 saturated carbocycles. The van der Waals surface area contributed by atoms with Crippen LogP contribution in [0, 0.1) is 0 Å². The second-order valence-corrected chi connectivity index (χ2v) is 7.13. The van der Waals surface area contributed by atoms with Crippen molar-refractivity contribution in [3.05, 3.63) is 65.7 Å². The number of hydrogen-bond donors (Lipinski definition) is 4. The van der Waals surface area contributed by atoms with E-state index in [4.69, 9.17) is 9.88 Å². The predicted octanol–water partition coefficient (Wildman–Crippen LogP) is 0.655. The SMILES string of the molecule is NS(=O)(=O)c1cccc(C(O)C(O)CNC(=O)OCc2ccccc2)c1. The minimum Gasteiger partial charge on any atom is -0.445 e. The number of nitrogens with two attached hydrogens (primary N) is 1. The summed E-state index contributed by atoms with van der Waals surface area (Å²) < 4.78 is 27.7. The Morgan fingerprint density at radius 1 is 1.12 bits per heavy atom. The summed E-state index contributed by atoms with van der Waals surface area (Å²) >= 11 is 0. The van der Waals surface area contributed by atoms with Crippen LogP contribution >= 0.6 is 0 Å². The van der Waals surface area contributed by atoms with Gasteiger partial charge in [-0.3, -0.25) is 0 Å². The number of aliphatic hydroxyl groups excluding tert-OH is 2. The first-order valence-corrected chi connectivity index (χ1v) is 9.25. The molecule has 2 aromatic carbocycles. The van der Waals surface area contributed by atoms with Crippen LogP contribution in [0.1, 0.15) is 17.2 Å². The van der Waals surface area contributed by atoms with Gasteiger partial charge >= 0.3 is 6.09 Å². The molecular weight excluding hydrogens is 360 g/mol. The number of nitrogens with one attached hydrogen (secondary N) is 1. The Kier molecular flexibility index (Phi) is 6.70. The summed E-state index contributed by atoms with van der Waals surface area (Å²) in [5.41, 5.74) is 0.964. The second-order valence-electron chi connectivity index (χ2n) is 5.57. The van der Waals surface area contributed by atoms with Crippen LogP contribution in [0.3, 0.4) is 0 Å². The Balaban J connectivity index is 1.87. The molecule has 2 aromatic rings. The van der Waals surface area contributed by atoms with E-state index in [1.165, 1.54) is 18.2 Å². The van der Waals surface area contributed by atoms with E-state index >= 15 is 0 Å². The molecule has 26 heavy (non-hydrogen) atoms. The standard InChI is InChI=1S/C17H20N2O6S/c18-26(23,24)14-8-4-7-13(9-14)16(21)15(20)10-19-17(22)25-11-12-5-2-1-3-6-12/h1-9,15-16,20-21H,10-11H2,(H,19,22)(H2,18,23,24). The molecule has 0 aliphatic carbocycles. The first kappa shape index (κ1) is 19.9. The van der Waals surface area contributed by atoms with Crippen molar-refractivity contribution in [3.8, 4) is 0 Å². The number of amides is 1. The van der Waals surface area contributed by atoms with Crippen molar-refractivity contribution in [1.29, 1.82) is 0 Å². The van der Waals surface area contributed by atoms with Gasteiger partial charge < -0.3 is 20.3 Å². The Labute approximate surface area is 151 Å². The lowest BCUT2D eigenvalue weighted by Gasteiger charge is -2.19. The molecule has 2 rings (SSSR count). The Morgan fingerprint density at radius 3 is 2.46 bits per heavy atom. The number of aliphatic hydroxyl groups is 2. The van der Waals surface area contributed by atoms with Crippen molar-refractivity contribution < 1.29 is 28.2 Å². The Hall–Kier alpha value is -2.46. The number of benzene rings is 2. The molecule has 8 nitrogen and oxygen atoms in total.